The lowest BCUT2D eigenvalue weighted by Gasteiger charge is -2.35. The molecule has 0 aromatic carbocycles. The maximum atomic E-state index is 6.42. The normalized spacial score (nSPS) is 24.0. The lowest BCUT2D eigenvalue weighted by Crippen LogP contribution is -2.39. The standard InChI is InChI=1S/C13H25N.H4N2/c14-13(11-7-3-1-4-8-11)12-9-5-2-6-10-12;1-2/h11-13H,1-10,14H2;1-2H2. The summed E-state index contributed by atoms with van der Waals surface area (Å²) in [6, 6.07) is 0.538. The first kappa shape index (κ1) is 13.9. The van der Waals surface area contributed by atoms with Gasteiger partial charge in [-0.2, -0.15) is 0 Å². The summed E-state index contributed by atoms with van der Waals surface area (Å²) >= 11 is 0. The molecule has 0 unspecified atom stereocenters. The van der Waals surface area contributed by atoms with Crippen molar-refractivity contribution in [1.82, 2.24) is 0 Å². The van der Waals surface area contributed by atoms with Gasteiger partial charge in [-0.05, 0) is 37.5 Å². The van der Waals surface area contributed by atoms with E-state index in [9.17, 15) is 0 Å². The molecule has 2 rings (SSSR count). The molecule has 6 N–H and O–H groups in total. The molecule has 2 aliphatic rings. The van der Waals surface area contributed by atoms with Gasteiger partial charge in [-0.1, -0.05) is 38.5 Å². The van der Waals surface area contributed by atoms with Gasteiger partial charge in [-0.25, -0.2) is 0 Å². The lowest BCUT2D eigenvalue weighted by atomic mass is 9.74. The van der Waals surface area contributed by atoms with Gasteiger partial charge in [0, 0.05) is 6.04 Å². The minimum absolute atomic E-state index is 0.538. The molecule has 2 saturated carbocycles. The maximum Gasteiger partial charge on any atom is 0.00956 e. The van der Waals surface area contributed by atoms with Crippen LogP contribution in [0.5, 0.6) is 0 Å². The van der Waals surface area contributed by atoms with Crippen LogP contribution in [0.1, 0.15) is 64.2 Å². The fraction of sp³-hybridized carbons (Fsp3) is 1.00. The van der Waals surface area contributed by atoms with E-state index in [1.54, 1.807) is 0 Å². The fourth-order valence-electron chi connectivity index (χ4n) is 3.42. The SMILES string of the molecule is NC(C1CCCCC1)C1CCCCC1.NN. The van der Waals surface area contributed by atoms with Gasteiger partial charge in [0.1, 0.15) is 0 Å². The zero-order valence-corrected chi connectivity index (χ0v) is 10.5. The van der Waals surface area contributed by atoms with Crippen LogP contribution in [-0.4, -0.2) is 6.04 Å². The summed E-state index contributed by atoms with van der Waals surface area (Å²) in [5, 5.41) is 0. The molecule has 0 atom stereocenters. The largest absolute Gasteiger partial charge is 0.327 e. The van der Waals surface area contributed by atoms with Crippen molar-refractivity contribution in [2.45, 2.75) is 70.3 Å². The van der Waals surface area contributed by atoms with Crippen LogP contribution in [0, 0.1) is 11.8 Å². The molecule has 0 bridgehead atoms. The highest BCUT2D eigenvalue weighted by atomic mass is 15.0. The predicted molar refractivity (Wildman–Crippen MR) is 69.5 cm³/mol. The summed E-state index contributed by atoms with van der Waals surface area (Å²) in [4.78, 5) is 0. The Kier molecular flexibility index (Phi) is 7.01. The third-order valence-electron chi connectivity index (χ3n) is 4.39. The van der Waals surface area contributed by atoms with Gasteiger partial charge >= 0.3 is 0 Å². The minimum Gasteiger partial charge on any atom is -0.327 e. The summed E-state index contributed by atoms with van der Waals surface area (Å²) in [5.74, 6) is 9.73. The number of hydrogen-bond acceptors (Lipinski definition) is 3. The second-order valence-corrected chi connectivity index (χ2v) is 5.37. The van der Waals surface area contributed by atoms with Gasteiger partial charge in [-0.15, -0.1) is 0 Å². The van der Waals surface area contributed by atoms with Crippen molar-refractivity contribution >= 4 is 0 Å². The highest BCUT2D eigenvalue weighted by molar-refractivity contribution is 4.83. The molecule has 0 aliphatic heterocycles. The average Bonchev–Trinajstić information content (AvgIpc) is 2.42. The Balaban J connectivity index is 0.000000606. The first-order valence-electron chi connectivity index (χ1n) is 6.97. The molecule has 2 fully saturated rings. The number of nitrogens with two attached hydrogens (primary N) is 3. The van der Waals surface area contributed by atoms with E-state index in [2.05, 4.69) is 11.7 Å². The van der Waals surface area contributed by atoms with E-state index < -0.39 is 0 Å². The lowest BCUT2D eigenvalue weighted by molar-refractivity contribution is 0.205. The molecule has 0 aromatic heterocycles. The molecule has 3 heteroatoms. The van der Waals surface area contributed by atoms with E-state index in [1.807, 2.05) is 0 Å². The van der Waals surface area contributed by atoms with E-state index in [4.69, 9.17) is 5.73 Å². The molecule has 2 aliphatic carbocycles. The number of hydrogen-bond donors (Lipinski definition) is 3. The highest BCUT2D eigenvalue weighted by Gasteiger charge is 2.28. The van der Waals surface area contributed by atoms with Crippen LogP contribution in [0.25, 0.3) is 0 Å². The van der Waals surface area contributed by atoms with Crippen LogP contribution in [0.4, 0.5) is 0 Å². The van der Waals surface area contributed by atoms with Crippen LogP contribution < -0.4 is 17.4 Å². The van der Waals surface area contributed by atoms with Crippen molar-refractivity contribution < 1.29 is 0 Å². The summed E-state index contributed by atoms with van der Waals surface area (Å²) in [6.45, 7) is 0. The molecule has 0 saturated heterocycles. The van der Waals surface area contributed by atoms with Crippen molar-refractivity contribution in [3.05, 3.63) is 0 Å². The molecular formula is C13H29N3. The van der Waals surface area contributed by atoms with Crippen LogP contribution in [0.15, 0.2) is 0 Å². The fourth-order valence-corrected chi connectivity index (χ4v) is 3.42. The first-order chi connectivity index (χ1) is 7.88. The second-order valence-electron chi connectivity index (χ2n) is 5.37. The Labute approximate surface area is 100 Å². The van der Waals surface area contributed by atoms with E-state index in [-0.39, 0.29) is 0 Å². The van der Waals surface area contributed by atoms with Crippen LogP contribution in [-0.2, 0) is 0 Å². The molecule has 0 amide bonds. The number of hydrazine groups is 1. The van der Waals surface area contributed by atoms with Crippen LogP contribution in [0.3, 0.4) is 0 Å². The Morgan fingerprint density at radius 3 is 1.25 bits per heavy atom. The van der Waals surface area contributed by atoms with Crippen molar-refractivity contribution in [3.63, 3.8) is 0 Å². The molecule has 96 valence electrons. The van der Waals surface area contributed by atoms with Crippen molar-refractivity contribution in [3.8, 4) is 0 Å². The first-order valence-corrected chi connectivity index (χ1v) is 6.97. The van der Waals surface area contributed by atoms with E-state index >= 15 is 0 Å². The zero-order valence-electron chi connectivity index (χ0n) is 10.5. The van der Waals surface area contributed by atoms with Crippen LogP contribution >= 0.6 is 0 Å². The minimum atomic E-state index is 0.538. The van der Waals surface area contributed by atoms with Gasteiger partial charge in [-0.3, -0.25) is 11.7 Å². The average molecular weight is 227 g/mol. The van der Waals surface area contributed by atoms with Gasteiger partial charge < -0.3 is 5.73 Å². The monoisotopic (exact) mass is 227 g/mol. The molecular weight excluding hydrogens is 198 g/mol. The number of rotatable bonds is 2. The van der Waals surface area contributed by atoms with Crippen molar-refractivity contribution in [1.29, 1.82) is 0 Å². The molecule has 0 radical (unpaired) electrons. The van der Waals surface area contributed by atoms with Gasteiger partial charge in [0.2, 0.25) is 0 Å². The molecule has 3 nitrogen and oxygen atoms in total. The van der Waals surface area contributed by atoms with E-state index in [0.717, 1.165) is 11.8 Å². The maximum absolute atomic E-state index is 6.42. The van der Waals surface area contributed by atoms with Gasteiger partial charge in [0.15, 0.2) is 0 Å². The Bertz CT molecular complexity index is 143. The summed E-state index contributed by atoms with van der Waals surface area (Å²) in [7, 11) is 0. The van der Waals surface area contributed by atoms with E-state index in [1.165, 1.54) is 64.2 Å². The topological polar surface area (TPSA) is 78.1 Å². The quantitative estimate of drug-likeness (QED) is 0.500. The predicted octanol–water partition coefficient (Wildman–Crippen LogP) is 2.29. The van der Waals surface area contributed by atoms with Crippen molar-refractivity contribution in [2.24, 2.45) is 29.3 Å². The highest BCUT2D eigenvalue weighted by Crippen LogP contribution is 2.34. The van der Waals surface area contributed by atoms with Gasteiger partial charge in [0.25, 0.3) is 0 Å². The second kappa shape index (κ2) is 8.04. The zero-order chi connectivity index (χ0) is 11.8. The smallest absolute Gasteiger partial charge is 0.00956 e. The summed E-state index contributed by atoms with van der Waals surface area (Å²) in [5.41, 5.74) is 6.42. The molecule has 0 heterocycles. The van der Waals surface area contributed by atoms with Gasteiger partial charge in [0.05, 0.1) is 0 Å². The summed E-state index contributed by atoms with van der Waals surface area (Å²) < 4.78 is 0. The third kappa shape index (κ3) is 4.04. The summed E-state index contributed by atoms with van der Waals surface area (Å²) in [6.07, 6.45) is 14.3. The van der Waals surface area contributed by atoms with E-state index in [0.29, 0.717) is 6.04 Å². The molecule has 0 spiro atoms. The Morgan fingerprint density at radius 2 is 0.938 bits per heavy atom. The Morgan fingerprint density at radius 1 is 0.625 bits per heavy atom. The molecule has 16 heavy (non-hydrogen) atoms. The Hall–Kier alpha value is -0.120. The third-order valence-corrected chi connectivity index (χ3v) is 4.39. The van der Waals surface area contributed by atoms with Crippen LogP contribution in [0.2, 0.25) is 0 Å². The van der Waals surface area contributed by atoms with Crippen molar-refractivity contribution in [2.75, 3.05) is 0 Å². The molecule has 0 aromatic rings.